The Morgan fingerprint density at radius 1 is 1.27 bits per heavy atom. The molecule has 7 heteroatoms. The molecular formula is C19H20N2O4S. The van der Waals surface area contributed by atoms with Gasteiger partial charge >= 0.3 is 0 Å². The molecule has 0 aliphatic heterocycles. The number of hydrogen-bond donors (Lipinski definition) is 1. The van der Waals surface area contributed by atoms with Gasteiger partial charge in [-0.25, -0.2) is 4.98 Å². The van der Waals surface area contributed by atoms with Gasteiger partial charge in [0.15, 0.2) is 0 Å². The van der Waals surface area contributed by atoms with Crippen molar-refractivity contribution in [2.45, 2.75) is 19.9 Å². The van der Waals surface area contributed by atoms with E-state index in [9.17, 15) is 4.79 Å². The van der Waals surface area contributed by atoms with Gasteiger partial charge in [-0.1, -0.05) is 6.07 Å². The van der Waals surface area contributed by atoms with Crippen LogP contribution in [0.1, 0.15) is 17.0 Å². The largest absolute Gasteiger partial charge is 0.497 e. The van der Waals surface area contributed by atoms with Crippen LogP contribution in [0.3, 0.4) is 0 Å². The molecule has 0 spiro atoms. The quantitative estimate of drug-likeness (QED) is 0.686. The Kier molecular flexibility index (Phi) is 5.58. The summed E-state index contributed by atoms with van der Waals surface area (Å²) in [6.45, 7) is 2.18. The van der Waals surface area contributed by atoms with E-state index in [1.165, 1.54) is 0 Å². The fourth-order valence-corrected chi connectivity index (χ4v) is 3.15. The van der Waals surface area contributed by atoms with E-state index in [0.29, 0.717) is 35.4 Å². The SMILES string of the molecule is COc1ccc(CNC(=O)Cc2nc(-c3cccs3)oc2C)c(OC)c1. The zero-order valence-electron chi connectivity index (χ0n) is 14.9. The van der Waals surface area contributed by atoms with Gasteiger partial charge in [0.25, 0.3) is 0 Å². The van der Waals surface area contributed by atoms with Crippen molar-refractivity contribution in [3.63, 3.8) is 0 Å². The summed E-state index contributed by atoms with van der Waals surface area (Å²) in [6, 6.07) is 9.37. The minimum atomic E-state index is -0.128. The Morgan fingerprint density at radius 3 is 2.81 bits per heavy atom. The van der Waals surface area contributed by atoms with Crippen LogP contribution in [0, 0.1) is 6.92 Å². The second kappa shape index (κ2) is 8.05. The summed E-state index contributed by atoms with van der Waals surface area (Å²) in [5.41, 5.74) is 1.52. The topological polar surface area (TPSA) is 73.6 Å². The van der Waals surface area contributed by atoms with E-state index in [0.717, 1.165) is 10.4 Å². The summed E-state index contributed by atoms with van der Waals surface area (Å²) in [7, 11) is 3.19. The molecule has 6 nitrogen and oxygen atoms in total. The molecule has 0 bridgehead atoms. The van der Waals surface area contributed by atoms with E-state index in [1.807, 2.05) is 36.6 Å². The van der Waals surface area contributed by atoms with Crippen LogP contribution in [0.2, 0.25) is 0 Å². The molecule has 0 atom stereocenters. The normalized spacial score (nSPS) is 10.6. The van der Waals surface area contributed by atoms with Crippen LogP contribution < -0.4 is 14.8 Å². The number of aromatic nitrogens is 1. The molecule has 3 aromatic rings. The first-order chi connectivity index (χ1) is 12.6. The number of aryl methyl sites for hydroxylation is 1. The van der Waals surface area contributed by atoms with Gasteiger partial charge in [-0.3, -0.25) is 4.79 Å². The highest BCUT2D eigenvalue weighted by Gasteiger charge is 2.15. The molecule has 2 aromatic heterocycles. The summed E-state index contributed by atoms with van der Waals surface area (Å²) in [6.07, 6.45) is 0.166. The summed E-state index contributed by atoms with van der Waals surface area (Å²) >= 11 is 1.55. The average molecular weight is 372 g/mol. The lowest BCUT2D eigenvalue weighted by atomic mass is 10.2. The Bertz CT molecular complexity index is 887. The third kappa shape index (κ3) is 4.05. The Labute approximate surface area is 155 Å². The highest BCUT2D eigenvalue weighted by atomic mass is 32.1. The van der Waals surface area contributed by atoms with Crippen molar-refractivity contribution in [1.82, 2.24) is 10.3 Å². The van der Waals surface area contributed by atoms with Crippen LogP contribution in [0.25, 0.3) is 10.8 Å². The minimum Gasteiger partial charge on any atom is -0.497 e. The number of methoxy groups -OCH3 is 2. The third-order valence-corrected chi connectivity index (χ3v) is 4.78. The van der Waals surface area contributed by atoms with Crippen LogP contribution >= 0.6 is 11.3 Å². The number of carbonyl (C=O) groups excluding carboxylic acids is 1. The number of oxazole rings is 1. The van der Waals surface area contributed by atoms with Crippen molar-refractivity contribution in [3.8, 4) is 22.3 Å². The molecule has 0 aliphatic rings. The summed E-state index contributed by atoms with van der Waals surface area (Å²) in [4.78, 5) is 17.7. The molecule has 26 heavy (non-hydrogen) atoms. The van der Waals surface area contributed by atoms with Crippen LogP contribution in [-0.4, -0.2) is 25.1 Å². The van der Waals surface area contributed by atoms with Gasteiger partial charge in [-0.15, -0.1) is 11.3 Å². The molecule has 3 rings (SSSR count). The average Bonchev–Trinajstić information content (AvgIpc) is 3.30. The lowest BCUT2D eigenvalue weighted by Gasteiger charge is -2.11. The molecule has 2 heterocycles. The van der Waals surface area contributed by atoms with Gasteiger partial charge in [0.05, 0.1) is 31.2 Å². The number of ether oxygens (including phenoxy) is 2. The van der Waals surface area contributed by atoms with Crippen molar-refractivity contribution in [3.05, 3.63) is 52.7 Å². The highest BCUT2D eigenvalue weighted by Crippen LogP contribution is 2.26. The van der Waals surface area contributed by atoms with Gasteiger partial charge < -0.3 is 19.2 Å². The van der Waals surface area contributed by atoms with Crippen molar-refractivity contribution in [2.24, 2.45) is 0 Å². The monoisotopic (exact) mass is 372 g/mol. The third-order valence-electron chi connectivity index (χ3n) is 3.92. The van der Waals surface area contributed by atoms with Gasteiger partial charge in [0.2, 0.25) is 11.8 Å². The molecule has 0 radical (unpaired) electrons. The molecule has 0 unspecified atom stereocenters. The maximum atomic E-state index is 12.3. The van der Waals surface area contributed by atoms with Gasteiger partial charge in [-0.2, -0.15) is 0 Å². The van der Waals surface area contributed by atoms with Crippen LogP contribution in [-0.2, 0) is 17.8 Å². The Morgan fingerprint density at radius 2 is 2.12 bits per heavy atom. The first-order valence-corrected chi connectivity index (χ1v) is 8.96. The van der Waals surface area contributed by atoms with Gasteiger partial charge in [0, 0.05) is 18.2 Å². The van der Waals surface area contributed by atoms with Crippen molar-refractivity contribution < 1.29 is 18.7 Å². The zero-order chi connectivity index (χ0) is 18.5. The predicted octanol–water partition coefficient (Wildman–Crippen LogP) is 3.59. The Balaban J connectivity index is 1.63. The van der Waals surface area contributed by atoms with Crippen molar-refractivity contribution in [2.75, 3.05) is 14.2 Å². The van der Waals surface area contributed by atoms with E-state index < -0.39 is 0 Å². The number of amides is 1. The smallest absolute Gasteiger partial charge is 0.236 e. The fraction of sp³-hybridized carbons (Fsp3) is 0.263. The Hall–Kier alpha value is -2.80. The number of benzene rings is 1. The van der Waals surface area contributed by atoms with E-state index in [2.05, 4.69) is 10.3 Å². The van der Waals surface area contributed by atoms with Crippen LogP contribution in [0.4, 0.5) is 0 Å². The van der Waals surface area contributed by atoms with Crippen molar-refractivity contribution in [1.29, 1.82) is 0 Å². The zero-order valence-corrected chi connectivity index (χ0v) is 15.7. The second-order valence-corrected chi connectivity index (χ2v) is 6.58. The predicted molar refractivity (Wildman–Crippen MR) is 99.6 cm³/mol. The molecule has 1 amide bonds. The van der Waals surface area contributed by atoms with Gasteiger partial charge in [-0.05, 0) is 30.5 Å². The summed E-state index contributed by atoms with van der Waals surface area (Å²) in [5.74, 6) is 2.46. The lowest BCUT2D eigenvalue weighted by molar-refractivity contribution is -0.120. The van der Waals surface area contributed by atoms with Crippen molar-refractivity contribution >= 4 is 17.2 Å². The van der Waals surface area contributed by atoms with Gasteiger partial charge in [0.1, 0.15) is 17.3 Å². The number of hydrogen-bond acceptors (Lipinski definition) is 6. The first-order valence-electron chi connectivity index (χ1n) is 8.08. The van der Waals surface area contributed by atoms with Crippen LogP contribution in [0.5, 0.6) is 11.5 Å². The number of rotatable bonds is 7. The number of nitrogens with one attached hydrogen (secondary N) is 1. The van der Waals surface area contributed by atoms with E-state index in [4.69, 9.17) is 13.9 Å². The maximum Gasteiger partial charge on any atom is 0.236 e. The van der Waals surface area contributed by atoms with Crippen LogP contribution in [0.15, 0.2) is 40.1 Å². The number of nitrogens with zero attached hydrogens (tertiary/aromatic N) is 1. The maximum absolute atomic E-state index is 12.3. The summed E-state index contributed by atoms with van der Waals surface area (Å²) in [5, 5.41) is 4.85. The fourth-order valence-electron chi connectivity index (χ4n) is 2.50. The minimum absolute atomic E-state index is 0.128. The second-order valence-electron chi connectivity index (χ2n) is 5.63. The highest BCUT2D eigenvalue weighted by molar-refractivity contribution is 7.13. The van der Waals surface area contributed by atoms with E-state index in [1.54, 1.807) is 31.6 Å². The molecule has 136 valence electrons. The molecule has 0 saturated carbocycles. The molecule has 1 aromatic carbocycles. The van der Waals surface area contributed by atoms with E-state index in [-0.39, 0.29) is 12.3 Å². The van der Waals surface area contributed by atoms with E-state index >= 15 is 0 Å². The number of carbonyl (C=O) groups is 1. The lowest BCUT2D eigenvalue weighted by Crippen LogP contribution is -2.25. The molecule has 0 aliphatic carbocycles. The number of thiophene rings is 1. The molecule has 1 N–H and O–H groups in total. The molecule has 0 fully saturated rings. The molecular weight excluding hydrogens is 352 g/mol. The standard InChI is InChI=1S/C19H20N2O4S/c1-12-15(21-19(25-12)17-5-4-8-26-17)10-18(22)20-11-13-6-7-14(23-2)9-16(13)24-3/h4-9H,10-11H2,1-3H3,(H,20,22). The first kappa shape index (κ1) is 18.0. The molecule has 0 saturated heterocycles. The summed E-state index contributed by atoms with van der Waals surface area (Å²) < 4.78 is 16.2.